The van der Waals surface area contributed by atoms with Crippen molar-refractivity contribution in [2.24, 2.45) is 23.6 Å². The molecule has 0 bridgehead atoms. The lowest BCUT2D eigenvalue weighted by Crippen LogP contribution is -2.50. The van der Waals surface area contributed by atoms with Crippen molar-refractivity contribution >= 4 is 17.1 Å². The Morgan fingerprint density at radius 1 is 1.34 bits per heavy atom. The number of hydrogen-bond acceptors (Lipinski definition) is 4. The SMILES string of the molecule is Cn1c(=O)n(CC(C)(C)C)c2ccc(C3CCC(C)(C)C(NC(=O)CN)C3)nc21. The monoisotopic (exact) mass is 401 g/mol. The molecule has 0 aliphatic heterocycles. The number of aryl methyl sites for hydroxylation is 1. The summed E-state index contributed by atoms with van der Waals surface area (Å²) in [7, 11) is 1.79. The van der Waals surface area contributed by atoms with Crippen LogP contribution in [0.15, 0.2) is 16.9 Å². The molecular weight excluding hydrogens is 366 g/mol. The van der Waals surface area contributed by atoms with Gasteiger partial charge in [0.1, 0.15) is 0 Å². The van der Waals surface area contributed by atoms with Crippen molar-refractivity contribution in [2.45, 2.75) is 72.4 Å². The van der Waals surface area contributed by atoms with Crippen LogP contribution in [0.4, 0.5) is 0 Å². The van der Waals surface area contributed by atoms with E-state index in [9.17, 15) is 9.59 Å². The van der Waals surface area contributed by atoms with Gasteiger partial charge in [0.2, 0.25) is 5.91 Å². The van der Waals surface area contributed by atoms with Crippen LogP contribution in [0.5, 0.6) is 0 Å². The number of nitrogens with two attached hydrogens (primary N) is 1. The van der Waals surface area contributed by atoms with E-state index in [0.29, 0.717) is 6.54 Å². The van der Waals surface area contributed by atoms with Crippen molar-refractivity contribution in [3.05, 3.63) is 28.3 Å². The van der Waals surface area contributed by atoms with Gasteiger partial charge in [0.15, 0.2) is 5.65 Å². The van der Waals surface area contributed by atoms with Crippen LogP contribution in [-0.4, -0.2) is 32.6 Å². The lowest BCUT2D eigenvalue weighted by Gasteiger charge is -2.42. The quantitative estimate of drug-likeness (QED) is 0.823. The summed E-state index contributed by atoms with van der Waals surface area (Å²) in [5.74, 6) is 0.130. The van der Waals surface area contributed by atoms with E-state index in [-0.39, 0.29) is 40.9 Å². The number of imidazole rings is 1. The maximum atomic E-state index is 12.8. The number of rotatable bonds is 4. The van der Waals surface area contributed by atoms with E-state index in [1.807, 2.05) is 16.7 Å². The number of carbonyl (C=O) groups is 1. The molecule has 2 heterocycles. The fourth-order valence-corrected chi connectivity index (χ4v) is 4.36. The summed E-state index contributed by atoms with van der Waals surface area (Å²) < 4.78 is 3.46. The van der Waals surface area contributed by atoms with Gasteiger partial charge in [0, 0.05) is 31.2 Å². The molecule has 1 aliphatic rings. The third-order valence-corrected chi connectivity index (χ3v) is 6.17. The number of hydrogen-bond donors (Lipinski definition) is 2. The molecule has 1 fully saturated rings. The molecule has 1 saturated carbocycles. The van der Waals surface area contributed by atoms with Gasteiger partial charge in [-0.05, 0) is 42.2 Å². The standard InChI is InChI=1S/C22H35N5O2/c1-21(2,3)13-27-16-8-7-15(24-19(16)26(6)20(27)29)14-9-10-22(4,5)17(11-14)25-18(28)12-23/h7-8,14,17H,9-13,23H2,1-6H3,(H,25,28). The minimum Gasteiger partial charge on any atom is -0.352 e. The van der Waals surface area contributed by atoms with Crippen molar-refractivity contribution in [3.63, 3.8) is 0 Å². The number of amides is 1. The minimum atomic E-state index is -0.117. The van der Waals surface area contributed by atoms with Crippen LogP contribution >= 0.6 is 0 Å². The number of nitrogens with zero attached hydrogens (tertiary/aromatic N) is 3. The molecule has 2 unspecified atom stereocenters. The van der Waals surface area contributed by atoms with E-state index >= 15 is 0 Å². The van der Waals surface area contributed by atoms with Gasteiger partial charge in [-0.25, -0.2) is 9.78 Å². The first-order chi connectivity index (χ1) is 13.4. The molecule has 3 rings (SSSR count). The number of carbonyl (C=O) groups excluding carboxylic acids is 1. The molecule has 0 aromatic carbocycles. The smallest absolute Gasteiger partial charge is 0.330 e. The Labute approximate surface area is 172 Å². The molecule has 2 aromatic rings. The molecule has 1 aliphatic carbocycles. The molecule has 0 spiro atoms. The van der Waals surface area contributed by atoms with Gasteiger partial charge in [0.05, 0.1) is 12.1 Å². The predicted octanol–water partition coefficient (Wildman–Crippen LogP) is 2.52. The van der Waals surface area contributed by atoms with Gasteiger partial charge in [-0.15, -0.1) is 0 Å². The van der Waals surface area contributed by atoms with Crippen LogP contribution in [0.25, 0.3) is 11.2 Å². The van der Waals surface area contributed by atoms with E-state index in [4.69, 9.17) is 10.7 Å². The highest BCUT2D eigenvalue weighted by molar-refractivity contribution is 5.78. The molecule has 3 N–H and O–H groups in total. The van der Waals surface area contributed by atoms with E-state index < -0.39 is 0 Å². The summed E-state index contributed by atoms with van der Waals surface area (Å²) in [5.41, 5.74) is 8.09. The number of fused-ring (bicyclic) bond motifs is 1. The zero-order valence-electron chi connectivity index (χ0n) is 18.6. The fraction of sp³-hybridized carbons (Fsp3) is 0.682. The van der Waals surface area contributed by atoms with Crippen LogP contribution in [-0.2, 0) is 18.4 Å². The van der Waals surface area contributed by atoms with Gasteiger partial charge in [-0.3, -0.25) is 13.9 Å². The summed E-state index contributed by atoms with van der Waals surface area (Å²) >= 11 is 0. The molecule has 7 heteroatoms. The molecule has 160 valence electrons. The third kappa shape index (κ3) is 4.39. The molecule has 29 heavy (non-hydrogen) atoms. The average molecular weight is 402 g/mol. The second-order valence-corrected chi connectivity index (χ2v) is 10.4. The summed E-state index contributed by atoms with van der Waals surface area (Å²) in [6.45, 7) is 11.4. The lowest BCUT2D eigenvalue weighted by atomic mass is 9.68. The molecule has 2 atom stereocenters. The summed E-state index contributed by atoms with van der Waals surface area (Å²) in [6, 6.07) is 4.13. The van der Waals surface area contributed by atoms with Crippen molar-refractivity contribution in [1.29, 1.82) is 0 Å². The van der Waals surface area contributed by atoms with Crippen molar-refractivity contribution in [3.8, 4) is 0 Å². The maximum Gasteiger partial charge on any atom is 0.330 e. The summed E-state index contributed by atoms with van der Waals surface area (Å²) in [6.07, 6.45) is 2.84. The van der Waals surface area contributed by atoms with Crippen molar-refractivity contribution in [2.75, 3.05) is 6.54 Å². The van der Waals surface area contributed by atoms with Crippen LogP contribution < -0.4 is 16.7 Å². The van der Waals surface area contributed by atoms with Crippen LogP contribution in [0.1, 0.15) is 65.5 Å². The Morgan fingerprint density at radius 2 is 2.03 bits per heavy atom. The summed E-state index contributed by atoms with van der Waals surface area (Å²) in [4.78, 5) is 29.6. The number of nitrogens with one attached hydrogen (secondary N) is 1. The Kier molecular flexibility index (Phi) is 5.64. The highest BCUT2D eigenvalue weighted by atomic mass is 16.2. The number of pyridine rings is 1. The zero-order chi connectivity index (χ0) is 21.6. The largest absolute Gasteiger partial charge is 0.352 e. The Hall–Kier alpha value is -2.15. The van der Waals surface area contributed by atoms with E-state index in [1.165, 1.54) is 0 Å². The molecule has 7 nitrogen and oxygen atoms in total. The van der Waals surface area contributed by atoms with Crippen LogP contribution in [0.3, 0.4) is 0 Å². The fourth-order valence-electron chi connectivity index (χ4n) is 4.36. The molecule has 1 amide bonds. The van der Waals surface area contributed by atoms with Gasteiger partial charge >= 0.3 is 5.69 Å². The number of aromatic nitrogens is 3. The summed E-state index contributed by atoms with van der Waals surface area (Å²) in [5, 5.41) is 3.10. The predicted molar refractivity (Wildman–Crippen MR) is 116 cm³/mol. The molecular formula is C22H35N5O2. The lowest BCUT2D eigenvalue weighted by molar-refractivity contribution is -0.121. The first-order valence-corrected chi connectivity index (χ1v) is 10.5. The average Bonchev–Trinajstić information content (AvgIpc) is 2.86. The van der Waals surface area contributed by atoms with Gasteiger partial charge in [-0.2, -0.15) is 0 Å². The normalized spacial score (nSPS) is 22.0. The van der Waals surface area contributed by atoms with Crippen LogP contribution in [0, 0.1) is 10.8 Å². The zero-order valence-corrected chi connectivity index (χ0v) is 18.6. The highest BCUT2D eigenvalue weighted by Crippen LogP contribution is 2.42. The first kappa shape index (κ1) is 21.6. The second-order valence-electron chi connectivity index (χ2n) is 10.4. The van der Waals surface area contributed by atoms with Gasteiger partial charge in [-0.1, -0.05) is 34.6 Å². The molecule has 0 saturated heterocycles. The van der Waals surface area contributed by atoms with E-state index in [1.54, 1.807) is 11.6 Å². The van der Waals surface area contributed by atoms with E-state index in [0.717, 1.165) is 36.1 Å². The minimum absolute atomic E-state index is 0.000153. The Morgan fingerprint density at radius 3 is 2.66 bits per heavy atom. The highest BCUT2D eigenvalue weighted by Gasteiger charge is 2.38. The van der Waals surface area contributed by atoms with Crippen molar-refractivity contribution < 1.29 is 4.79 Å². The molecule has 0 radical (unpaired) electrons. The van der Waals surface area contributed by atoms with Crippen LogP contribution in [0.2, 0.25) is 0 Å². The van der Waals surface area contributed by atoms with E-state index in [2.05, 4.69) is 39.9 Å². The molecule has 2 aromatic heterocycles. The topological polar surface area (TPSA) is 94.9 Å². The van der Waals surface area contributed by atoms with Gasteiger partial charge in [0.25, 0.3) is 0 Å². The Balaban J connectivity index is 1.93. The second kappa shape index (κ2) is 7.59. The van der Waals surface area contributed by atoms with Gasteiger partial charge < -0.3 is 11.1 Å². The Bertz CT molecular complexity index is 964. The van der Waals surface area contributed by atoms with Crippen molar-refractivity contribution in [1.82, 2.24) is 19.4 Å². The maximum absolute atomic E-state index is 12.8. The third-order valence-electron chi connectivity index (χ3n) is 6.17. The first-order valence-electron chi connectivity index (χ1n) is 10.5.